The van der Waals surface area contributed by atoms with Crippen LogP contribution in [0.25, 0.3) is 0 Å². The first-order valence-corrected chi connectivity index (χ1v) is 25.8. The molecular formula is C39H50N3O16S4+. The van der Waals surface area contributed by atoms with Gasteiger partial charge in [-0.3, -0.25) is 27.8 Å². The minimum Gasteiger partial charge on any atom is -0.344 e. The second-order valence-electron chi connectivity index (χ2n) is 16.1. The molecule has 19 nitrogen and oxygen atoms in total. The molecule has 1 atom stereocenters. The van der Waals surface area contributed by atoms with Gasteiger partial charge in [0.05, 0.1) is 26.7 Å². The molecule has 1 unspecified atom stereocenters. The van der Waals surface area contributed by atoms with Gasteiger partial charge in [0, 0.05) is 66.7 Å². The van der Waals surface area contributed by atoms with Crippen molar-refractivity contribution in [1.82, 2.24) is 5.06 Å². The van der Waals surface area contributed by atoms with Gasteiger partial charge in [0.1, 0.15) is 6.54 Å². The van der Waals surface area contributed by atoms with Gasteiger partial charge in [-0.1, -0.05) is 18.9 Å². The Kier molecular flexibility index (Phi) is 14.4. The van der Waals surface area contributed by atoms with E-state index in [9.17, 15) is 66.3 Å². The molecule has 3 aliphatic heterocycles. The van der Waals surface area contributed by atoms with Gasteiger partial charge >= 0.3 is 5.97 Å². The Labute approximate surface area is 361 Å². The van der Waals surface area contributed by atoms with Crippen LogP contribution in [-0.2, 0) is 70.5 Å². The molecule has 23 heteroatoms. The Balaban J connectivity index is 1.53. The largest absolute Gasteiger partial charge is 0.344 e. The number of benzene rings is 2. The fraction of sp³-hybridized carbons (Fsp3) is 0.487. The topological polar surface area (TPSA) is 287 Å². The van der Waals surface area contributed by atoms with Gasteiger partial charge in [-0.25, -0.2) is 4.79 Å². The Hall–Kier alpha value is -4.36. The van der Waals surface area contributed by atoms with Crippen molar-refractivity contribution in [2.24, 2.45) is 0 Å². The van der Waals surface area contributed by atoms with E-state index in [1.165, 1.54) is 36.4 Å². The van der Waals surface area contributed by atoms with Crippen LogP contribution in [-0.4, -0.2) is 110 Å². The van der Waals surface area contributed by atoms with E-state index < -0.39 is 80.6 Å². The number of rotatable bonds is 20. The van der Waals surface area contributed by atoms with Gasteiger partial charge in [0.25, 0.3) is 52.3 Å². The minimum absolute atomic E-state index is 0.0140. The standard InChI is InChI=1S/C39H49N3O16S4/c1-38(2)29-25-27(61(52,53)54)14-16-31(29)40(22-10-24-60(49,50)51)33(38)11-9-12-34-39(3,20-6-8-23-59(46,47)48)30-26-28(62(55,56)57)15-17-32(30)41(34)21-7-4-5-13-37(45)58-42-35(43)18-19-36(42)44/h9,11-12,14-17,25-26H,4-8,10,13,18-24H2,1-3H3,(H3-,46,47,48,49,50,51,52,53,54,55,56,57)/p+1. The molecular weight excluding hydrogens is 895 g/mol. The highest BCUT2D eigenvalue weighted by Gasteiger charge is 2.46. The zero-order valence-corrected chi connectivity index (χ0v) is 37.5. The average Bonchev–Trinajstić information content (AvgIpc) is 3.67. The first-order valence-electron chi connectivity index (χ1n) is 19.7. The number of hydrogen-bond acceptors (Lipinski definition) is 13. The normalized spacial score (nSPS) is 19.9. The van der Waals surface area contributed by atoms with Crippen LogP contribution in [0.1, 0.15) is 96.1 Å². The van der Waals surface area contributed by atoms with Crippen LogP contribution < -0.4 is 4.90 Å². The molecule has 0 radical (unpaired) electrons. The minimum atomic E-state index is -4.67. The number of allylic oxidation sites excluding steroid dienone is 4. The molecule has 1 fully saturated rings. The van der Waals surface area contributed by atoms with E-state index in [1.807, 2.05) is 11.8 Å². The van der Waals surface area contributed by atoms with Crippen molar-refractivity contribution in [3.8, 4) is 0 Å². The monoisotopic (exact) mass is 944 g/mol. The summed E-state index contributed by atoms with van der Waals surface area (Å²) in [5.41, 5.74) is 1.35. The Morgan fingerprint density at radius 2 is 1.34 bits per heavy atom. The molecule has 5 rings (SSSR count). The van der Waals surface area contributed by atoms with Gasteiger partial charge in [0.2, 0.25) is 5.69 Å². The second kappa shape index (κ2) is 18.4. The van der Waals surface area contributed by atoms with Crippen molar-refractivity contribution < 1.29 is 75.7 Å². The third-order valence-electron chi connectivity index (χ3n) is 11.3. The fourth-order valence-electron chi connectivity index (χ4n) is 8.17. The highest BCUT2D eigenvalue weighted by atomic mass is 32.2. The van der Waals surface area contributed by atoms with E-state index in [1.54, 1.807) is 36.7 Å². The first-order chi connectivity index (χ1) is 28.6. The summed E-state index contributed by atoms with van der Waals surface area (Å²) in [5.74, 6) is -3.03. The maximum absolute atomic E-state index is 12.4. The maximum atomic E-state index is 12.4. The lowest BCUT2D eigenvalue weighted by molar-refractivity contribution is -0.437. The van der Waals surface area contributed by atoms with E-state index in [4.69, 9.17) is 4.84 Å². The molecule has 0 bridgehead atoms. The highest BCUT2D eigenvalue weighted by molar-refractivity contribution is 7.86. The number of hydrogen-bond donors (Lipinski definition) is 4. The van der Waals surface area contributed by atoms with Crippen LogP contribution in [0.3, 0.4) is 0 Å². The summed E-state index contributed by atoms with van der Waals surface area (Å²) in [6.07, 6.45) is 6.82. The van der Waals surface area contributed by atoms with Gasteiger partial charge in [0.15, 0.2) is 5.71 Å². The number of nitrogens with zero attached hydrogens (tertiary/aromatic N) is 3. The maximum Gasteiger partial charge on any atom is 0.333 e. The van der Waals surface area contributed by atoms with Crippen molar-refractivity contribution in [3.05, 3.63) is 71.5 Å². The summed E-state index contributed by atoms with van der Waals surface area (Å²) >= 11 is 0. The third kappa shape index (κ3) is 11.4. The van der Waals surface area contributed by atoms with E-state index in [-0.39, 0.29) is 61.3 Å². The lowest BCUT2D eigenvalue weighted by Gasteiger charge is -2.30. The number of fused-ring (bicyclic) bond motifs is 2. The number of imide groups is 1. The summed E-state index contributed by atoms with van der Waals surface area (Å²) < 4.78 is 136. The Morgan fingerprint density at radius 1 is 0.758 bits per heavy atom. The number of unbranched alkanes of at least 4 members (excludes halogenated alkanes) is 3. The average molecular weight is 945 g/mol. The Bertz CT molecular complexity index is 2670. The van der Waals surface area contributed by atoms with Gasteiger partial charge < -0.3 is 9.74 Å². The molecule has 4 N–H and O–H groups in total. The van der Waals surface area contributed by atoms with Gasteiger partial charge in [-0.05, 0) is 88.4 Å². The SMILES string of the molecule is CC1(C)C(C=CC=C2N(CCCCCC(=O)ON3C(=O)CCC3=O)c3ccc(S(=O)(=O)O)cc3C2(C)CCCCS(=O)(=O)O)=[N+](CCCS(=O)(=O)O)c2ccc(S(=O)(=O)O)cc21. The summed E-state index contributed by atoms with van der Waals surface area (Å²) in [6.45, 7) is 5.83. The molecule has 340 valence electrons. The van der Waals surface area contributed by atoms with E-state index in [0.29, 0.717) is 64.8 Å². The number of carbonyl (C=O) groups is 3. The number of carbonyl (C=O) groups excluding carboxylic acids is 3. The van der Waals surface area contributed by atoms with E-state index >= 15 is 0 Å². The first kappa shape index (κ1) is 48.7. The van der Waals surface area contributed by atoms with Crippen LogP contribution in [0.5, 0.6) is 0 Å². The molecule has 2 aromatic rings. The van der Waals surface area contributed by atoms with Crippen LogP contribution in [0.4, 0.5) is 11.4 Å². The lowest BCUT2D eigenvalue weighted by Crippen LogP contribution is -2.32. The van der Waals surface area contributed by atoms with E-state index in [0.717, 1.165) is 0 Å². The van der Waals surface area contributed by atoms with Gasteiger partial charge in [-0.15, -0.1) is 5.06 Å². The lowest BCUT2D eigenvalue weighted by atomic mass is 9.77. The molecule has 62 heavy (non-hydrogen) atoms. The number of hydroxylamine groups is 2. The van der Waals surface area contributed by atoms with E-state index in [2.05, 4.69) is 0 Å². The predicted molar refractivity (Wildman–Crippen MR) is 224 cm³/mol. The van der Waals surface area contributed by atoms with Crippen molar-refractivity contribution in [3.63, 3.8) is 0 Å². The summed E-state index contributed by atoms with van der Waals surface area (Å²) in [6, 6.07) is 8.16. The second-order valence-corrected chi connectivity index (χ2v) is 22.1. The van der Waals surface area contributed by atoms with Crippen LogP contribution in [0.2, 0.25) is 0 Å². The molecule has 2 amide bonds. The van der Waals surface area contributed by atoms with Crippen LogP contribution in [0.15, 0.2) is 70.1 Å². The molecule has 3 aliphatic rings. The molecule has 1 saturated heterocycles. The number of anilines is 1. The Morgan fingerprint density at radius 3 is 1.94 bits per heavy atom. The zero-order valence-electron chi connectivity index (χ0n) is 34.3. The molecule has 0 aromatic heterocycles. The zero-order chi connectivity index (χ0) is 46.1. The molecule has 2 aromatic carbocycles. The molecule has 0 spiro atoms. The van der Waals surface area contributed by atoms with Crippen molar-refractivity contribution in [2.75, 3.05) is 29.5 Å². The highest BCUT2D eigenvalue weighted by Crippen LogP contribution is 2.51. The molecule has 0 aliphatic carbocycles. The van der Waals surface area contributed by atoms with Crippen LogP contribution in [0, 0.1) is 0 Å². The smallest absolute Gasteiger partial charge is 0.333 e. The summed E-state index contributed by atoms with van der Waals surface area (Å²) in [4.78, 5) is 42.3. The van der Waals surface area contributed by atoms with Gasteiger partial charge in [-0.2, -0.15) is 38.2 Å². The summed E-state index contributed by atoms with van der Waals surface area (Å²) in [5, 5.41) is 0.477. The van der Waals surface area contributed by atoms with Crippen molar-refractivity contribution in [1.29, 1.82) is 0 Å². The predicted octanol–water partition coefficient (Wildman–Crippen LogP) is 4.28. The van der Waals surface area contributed by atoms with Crippen LogP contribution >= 0.6 is 0 Å². The molecule has 3 heterocycles. The van der Waals surface area contributed by atoms with Crippen molar-refractivity contribution >= 4 is 75.3 Å². The summed E-state index contributed by atoms with van der Waals surface area (Å²) in [7, 11) is -17.9. The quantitative estimate of drug-likeness (QED) is 0.0624. The number of amides is 2. The molecule has 0 saturated carbocycles. The fourth-order valence-corrected chi connectivity index (χ4v) is 10.2. The third-order valence-corrected chi connectivity index (χ3v) is 14.6. The van der Waals surface area contributed by atoms with Crippen molar-refractivity contribution in [2.45, 2.75) is 106 Å².